The second kappa shape index (κ2) is 7.60. The van der Waals surface area contributed by atoms with Crippen molar-refractivity contribution in [2.75, 3.05) is 13.2 Å². The SMILES string of the molecule is CCc1ccccc1C(=O)N(CCO)Cc1ccccc1. The highest BCUT2D eigenvalue weighted by Gasteiger charge is 2.17. The first-order valence-corrected chi connectivity index (χ1v) is 7.28. The van der Waals surface area contributed by atoms with Crippen molar-refractivity contribution in [1.29, 1.82) is 0 Å². The van der Waals surface area contributed by atoms with Crippen molar-refractivity contribution >= 4 is 5.91 Å². The lowest BCUT2D eigenvalue weighted by Gasteiger charge is -2.23. The van der Waals surface area contributed by atoms with Gasteiger partial charge in [0.25, 0.3) is 5.91 Å². The maximum atomic E-state index is 12.7. The largest absolute Gasteiger partial charge is 0.395 e. The van der Waals surface area contributed by atoms with E-state index in [4.69, 9.17) is 0 Å². The Morgan fingerprint density at radius 1 is 1.05 bits per heavy atom. The molecule has 0 aliphatic heterocycles. The van der Waals surface area contributed by atoms with Gasteiger partial charge in [0.2, 0.25) is 0 Å². The predicted molar refractivity (Wildman–Crippen MR) is 84.1 cm³/mol. The van der Waals surface area contributed by atoms with Crippen LogP contribution in [0, 0.1) is 0 Å². The van der Waals surface area contributed by atoms with E-state index in [9.17, 15) is 9.90 Å². The Morgan fingerprint density at radius 3 is 2.38 bits per heavy atom. The number of rotatable bonds is 6. The van der Waals surface area contributed by atoms with Gasteiger partial charge in [0.15, 0.2) is 0 Å². The van der Waals surface area contributed by atoms with E-state index in [1.54, 1.807) is 4.90 Å². The van der Waals surface area contributed by atoms with E-state index in [1.165, 1.54) is 0 Å². The molecule has 0 radical (unpaired) electrons. The molecule has 2 rings (SSSR count). The zero-order valence-corrected chi connectivity index (χ0v) is 12.3. The summed E-state index contributed by atoms with van der Waals surface area (Å²) in [6.45, 7) is 2.86. The summed E-state index contributed by atoms with van der Waals surface area (Å²) in [4.78, 5) is 14.4. The molecule has 3 heteroatoms. The minimum absolute atomic E-state index is 0.0228. The highest BCUT2D eigenvalue weighted by atomic mass is 16.3. The van der Waals surface area contributed by atoms with Crippen LogP contribution in [0.15, 0.2) is 54.6 Å². The van der Waals surface area contributed by atoms with Crippen molar-refractivity contribution in [2.24, 2.45) is 0 Å². The van der Waals surface area contributed by atoms with Crippen molar-refractivity contribution in [3.63, 3.8) is 0 Å². The molecule has 2 aromatic carbocycles. The average Bonchev–Trinajstić information content (AvgIpc) is 2.54. The van der Waals surface area contributed by atoms with E-state index >= 15 is 0 Å². The fraction of sp³-hybridized carbons (Fsp3) is 0.278. The molecule has 0 unspecified atom stereocenters. The Balaban J connectivity index is 2.23. The molecule has 21 heavy (non-hydrogen) atoms. The Bertz CT molecular complexity index is 581. The van der Waals surface area contributed by atoms with Crippen LogP contribution in [0.1, 0.15) is 28.4 Å². The number of aliphatic hydroxyl groups is 1. The maximum Gasteiger partial charge on any atom is 0.254 e. The molecule has 0 saturated heterocycles. The highest BCUT2D eigenvalue weighted by molar-refractivity contribution is 5.95. The van der Waals surface area contributed by atoms with Gasteiger partial charge in [-0.05, 0) is 23.6 Å². The molecule has 0 saturated carbocycles. The van der Waals surface area contributed by atoms with Crippen LogP contribution < -0.4 is 0 Å². The van der Waals surface area contributed by atoms with Gasteiger partial charge in [-0.25, -0.2) is 0 Å². The van der Waals surface area contributed by atoms with Gasteiger partial charge in [-0.15, -0.1) is 0 Å². The van der Waals surface area contributed by atoms with Gasteiger partial charge < -0.3 is 10.0 Å². The molecule has 2 aromatic rings. The molecule has 1 N–H and O–H groups in total. The molecule has 0 aromatic heterocycles. The van der Waals surface area contributed by atoms with Crippen molar-refractivity contribution in [1.82, 2.24) is 4.90 Å². The van der Waals surface area contributed by atoms with Gasteiger partial charge in [0, 0.05) is 18.7 Å². The van der Waals surface area contributed by atoms with E-state index in [-0.39, 0.29) is 12.5 Å². The Labute approximate surface area is 125 Å². The van der Waals surface area contributed by atoms with Gasteiger partial charge in [-0.2, -0.15) is 0 Å². The number of carbonyl (C=O) groups excluding carboxylic acids is 1. The topological polar surface area (TPSA) is 40.5 Å². The Morgan fingerprint density at radius 2 is 1.71 bits per heavy atom. The Hall–Kier alpha value is -2.13. The number of nitrogens with zero attached hydrogens (tertiary/aromatic N) is 1. The van der Waals surface area contributed by atoms with Crippen molar-refractivity contribution in [2.45, 2.75) is 19.9 Å². The van der Waals surface area contributed by atoms with Crippen LogP contribution in [0.2, 0.25) is 0 Å². The maximum absolute atomic E-state index is 12.7. The highest BCUT2D eigenvalue weighted by Crippen LogP contribution is 2.14. The van der Waals surface area contributed by atoms with Crippen LogP contribution in [0.4, 0.5) is 0 Å². The van der Waals surface area contributed by atoms with Crippen LogP contribution >= 0.6 is 0 Å². The van der Waals surface area contributed by atoms with Crippen LogP contribution in [0.3, 0.4) is 0 Å². The summed E-state index contributed by atoms with van der Waals surface area (Å²) in [5.74, 6) is -0.0228. The number of benzene rings is 2. The zero-order chi connectivity index (χ0) is 15.1. The lowest BCUT2D eigenvalue weighted by Crippen LogP contribution is -2.33. The molecule has 3 nitrogen and oxygen atoms in total. The van der Waals surface area contributed by atoms with Gasteiger partial charge in [-0.3, -0.25) is 4.79 Å². The molecule has 0 bridgehead atoms. The van der Waals surface area contributed by atoms with Crippen LogP contribution in [-0.4, -0.2) is 29.1 Å². The normalized spacial score (nSPS) is 10.4. The van der Waals surface area contributed by atoms with Crippen LogP contribution in [-0.2, 0) is 13.0 Å². The summed E-state index contributed by atoms with van der Waals surface area (Å²) in [5, 5.41) is 9.24. The van der Waals surface area contributed by atoms with Gasteiger partial charge >= 0.3 is 0 Å². The molecule has 0 spiro atoms. The monoisotopic (exact) mass is 283 g/mol. The molecular formula is C18H21NO2. The fourth-order valence-corrected chi connectivity index (χ4v) is 2.38. The number of aryl methyl sites for hydroxylation is 1. The third-order valence-corrected chi connectivity index (χ3v) is 3.50. The quantitative estimate of drug-likeness (QED) is 0.885. The molecule has 0 heterocycles. The van der Waals surface area contributed by atoms with E-state index in [2.05, 4.69) is 0 Å². The van der Waals surface area contributed by atoms with Crippen molar-refractivity contribution in [3.8, 4) is 0 Å². The molecule has 0 aliphatic carbocycles. The predicted octanol–water partition coefficient (Wildman–Crippen LogP) is 2.88. The average molecular weight is 283 g/mol. The summed E-state index contributed by atoms with van der Waals surface area (Å²) >= 11 is 0. The molecular weight excluding hydrogens is 262 g/mol. The number of aliphatic hydroxyl groups excluding tert-OH is 1. The van der Waals surface area contributed by atoms with Crippen molar-refractivity contribution < 1.29 is 9.90 Å². The first-order valence-electron chi connectivity index (χ1n) is 7.28. The minimum atomic E-state index is -0.0349. The summed E-state index contributed by atoms with van der Waals surface area (Å²) in [6, 6.07) is 17.5. The molecule has 0 atom stereocenters. The first kappa shape index (κ1) is 15.3. The molecule has 0 aliphatic rings. The molecule has 0 fully saturated rings. The van der Waals surface area contributed by atoms with Crippen molar-refractivity contribution in [3.05, 3.63) is 71.3 Å². The van der Waals surface area contributed by atoms with E-state index in [1.807, 2.05) is 61.5 Å². The lowest BCUT2D eigenvalue weighted by atomic mass is 10.0. The summed E-state index contributed by atoms with van der Waals surface area (Å²) < 4.78 is 0. The second-order valence-corrected chi connectivity index (χ2v) is 4.95. The third-order valence-electron chi connectivity index (χ3n) is 3.50. The molecule has 110 valence electrons. The fourth-order valence-electron chi connectivity index (χ4n) is 2.38. The van der Waals surface area contributed by atoms with Gasteiger partial charge in [-0.1, -0.05) is 55.5 Å². The molecule has 1 amide bonds. The first-order chi connectivity index (χ1) is 10.3. The van der Waals surface area contributed by atoms with Crippen LogP contribution in [0.5, 0.6) is 0 Å². The van der Waals surface area contributed by atoms with Gasteiger partial charge in [0.1, 0.15) is 0 Å². The van der Waals surface area contributed by atoms with E-state index in [0.717, 1.165) is 23.1 Å². The summed E-state index contributed by atoms with van der Waals surface area (Å²) in [6.07, 6.45) is 0.820. The smallest absolute Gasteiger partial charge is 0.254 e. The number of carbonyl (C=O) groups is 1. The number of hydrogen-bond donors (Lipinski definition) is 1. The standard InChI is InChI=1S/C18H21NO2/c1-2-16-10-6-7-11-17(16)18(21)19(12-13-20)14-15-8-4-3-5-9-15/h3-11,20H,2,12-14H2,1H3. The minimum Gasteiger partial charge on any atom is -0.395 e. The van der Waals surface area contributed by atoms with E-state index in [0.29, 0.717) is 13.1 Å². The number of amides is 1. The summed E-state index contributed by atoms with van der Waals surface area (Å²) in [7, 11) is 0. The lowest BCUT2D eigenvalue weighted by molar-refractivity contribution is 0.0707. The Kier molecular flexibility index (Phi) is 5.52. The van der Waals surface area contributed by atoms with E-state index < -0.39 is 0 Å². The second-order valence-electron chi connectivity index (χ2n) is 4.95. The summed E-state index contributed by atoms with van der Waals surface area (Å²) in [5.41, 5.74) is 2.83. The van der Waals surface area contributed by atoms with Gasteiger partial charge in [0.05, 0.1) is 6.61 Å². The third kappa shape index (κ3) is 3.92. The van der Waals surface area contributed by atoms with Crippen LogP contribution in [0.25, 0.3) is 0 Å². The zero-order valence-electron chi connectivity index (χ0n) is 12.3. The number of hydrogen-bond acceptors (Lipinski definition) is 2.